The second-order valence-electron chi connectivity index (χ2n) is 17.8. The van der Waals surface area contributed by atoms with Crippen molar-refractivity contribution in [1.82, 2.24) is 5.32 Å². The predicted molar refractivity (Wildman–Crippen MR) is 254 cm³/mol. The molecule has 0 aliphatic carbocycles. The lowest BCUT2D eigenvalue weighted by Gasteiger charge is -2.25. The van der Waals surface area contributed by atoms with Crippen molar-refractivity contribution in [3.63, 3.8) is 0 Å². The van der Waals surface area contributed by atoms with Crippen molar-refractivity contribution >= 4 is 13.7 Å². The number of unbranched alkanes of at least 4 members (excludes halogenated alkanes) is 25. The van der Waals surface area contributed by atoms with Crippen LogP contribution in [0.15, 0.2) is 48.6 Å². The van der Waals surface area contributed by atoms with E-state index in [0.717, 1.165) is 44.9 Å². The Hall–Kier alpha value is -1.54. The average molecular weight is 852 g/mol. The highest BCUT2D eigenvalue weighted by Crippen LogP contribution is 2.43. The highest BCUT2D eigenvalue weighted by molar-refractivity contribution is 7.47. The lowest BCUT2D eigenvalue weighted by molar-refractivity contribution is -0.870. The second kappa shape index (κ2) is 41.8. The van der Waals surface area contributed by atoms with Gasteiger partial charge >= 0.3 is 7.82 Å². The van der Waals surface area contributed by atoms with Gasteiger partial charge in [0.05, 0.1) is 39.9 Å². The lowest BCUT2D eigenvalue weighted by Crippen LogP contribution is -2.45. The summed E-state index contributed by atoms with van der Waals surface area (Å²) in [5.74, 6) is -0.196. The van der Waals surface area contributed by atoms with Crippen molar-refractivity contribution in [2.75, 3.05) is 40.9 Å². The monoisotopic (exact) mass is 852 g/mol. The summed E-state index contributed by atoms with van der Waals surface area (Å²) in [6.07, 6.45) is 53.3. The zero-order chi connectivity index (χ0) is 43.6. The number of aliphatic hydroxyl groups is 1. The van der Waals surface area contributed by atoms with Crippen LogP contribution in [0.25, 0.3) is 0 Å². The maximum atomic E-state index is 12.9. The molecule has 59 heavy (non-hydrogen) atoms. The summed E-state index contributed by atoms with van der Waals surface area (Å²) < 4.78 is 23.6. The largest absolute Gasteiger partial charge is 0.472 e. The zero-order valence-corrected chi connectivity index (χ0v) is 40.1. The maximum absolute atomic E-state index is 12.9. The summed E-state index contributed by atoms with van der Waals surface area (Å²) in [4.78, 5) is 23.2. The first-order chi connectivity index (χ1) is 28.5. The Bertz CT molecular complexity index is 1100. The van der Waals surface area contributed by atoms with Crippen molar-refractivity contribution in [3.8, 4) is 0 Å². The van der Waals surface area contributed by atoms with Crippen LogP contribution >= 0.6 is 7.82 Å². The third kappa shape index (κ3) is 44.3. The fourth-order valence-corrected chi connectivity index (χ4v) is 7.57. The van der Waals surface area contributed by atoms with Gasteiger partial charge in [0, 0.05) is 6.42 Å². The first-order valence-corrected chi connectivity index (χ1v) is 26.0. The molecular weight excluding hydrogens is 756 g/mol. The Labute approximate surface area is 365 Å². The number of allylic oxidation sites excluding steroid dienone is 7. The topological polar surface area (TPSA) is 105 Å². The molecule has 0 heterocycles. The normalized spacial score (nSPS) is 14.6. The molecule has 0 bridgehead atoms. The second-order valence-corrected chi connectivity index (χ2v) is 19.3. The maximum Gasteiger partial charge on any atom is 0.472 e. The number of rotatable bonds is 44. The van der Waals surface area contributed by atoms with Crippen LogP contribution in [0.5, 0.6) is 0 Å². The molecule has 3 unspecified atom stereocenters. The first kappa shape index (κ1) is 57.5. The Kier molecular flexibility index (Phi) is 40.7. The Morgan fingerprint density at radius 2 is 0.932 bits per heavy atom. The van der Waals surface area contributed by atoms with Crippen LogP contribution in [0.3, 0.4) is 0 Å². The molecule has 9 heteroatoms. The van der Waals surface area contributed by atoms with Crippen molar-refractivity contribution in [3.05, 3.63) is 48.6 Å². The van der Waals surface area contributed by atoms with Gasteiger partial charge in [0.25, 0.3) is 0 Å². The molecule has 0 rings (SSSR count). The van der Waals surface area contributed by atoms with Crippen LogP contribution in [0, 0.1) is 0 Å². The number of quaternary nitrogens is 1. The highest BCUT2D eigenvalue weighted by Gasteiger charge is 2.27. The summed E-state index contributed by atoms with van der Waals surface area (Å²) in [7, 11) is 1.54. The number of nitrogens with one attached hydrogen (secondary N) is 1. The molecule has 0 aliphatic heterocycles. The molecule has 0 saturated carbocycles. The number of hydrogen-bond donors (Lipinski definition) is 3. The van der Waals surface area contributed by atoms with Crippen LogP contribution < -0.4 is 5.32 Å². The van der Waals surface area contributed by atoms with Crippen molar-refractivity contribution in [1.29, 1.82) is 0 Å². The van der Waals surface area contributed by atoms with Gasteiger partial charge in [0.15, 0.2) is 0 Å². The number of carbonyl (C=O) groups is 1. The third-order valence-corrected chi connectivity index (χ3v) is 11.7. The van der Waals surface area contributed by atoms with Gasteiger partial charge < -0.3 is 19.8 Å². The highest BCUT2D eigenvalue weighted by atomic mass is 31.2. The fourth-order valence-electron chi connectivity index (χ4n) is 6.83. The minimum atomic E-state index is -4.35. The van der Waals surface area contributed by atoms with E-state index < -0.39 is 20.0 Å². The van der Waals surface area contributed by atoms with Crippen LogP contribution in [-0.4, -0.2) is 73.4 Å². The average Bonchev–Trinajstić information content (AvgIpc) is 3.19. The predicted octanol–water partition coefficient (Wildman–Crippen LogP) is 14.0. The number of likely N-dealkylation sites (N-methyl/N-ethyl adjacent to an activating group) is 1. The fraction of sp³-hybridized carbons (Fsp3) is 0.820. The third-order valence-electron chi connectivity index (χ3n) is 10.7. The van der Waals surface area contributed by atoms with E-state index in [0.29, 0.717) is 17.4 Å². The van der Waals surface area contributed by atoms with E-state index in [-0.39, 0.29) is 19.1 Å². The lowest BCUT2D eigenvalue weighted by atomic mass is 10.1. The van der Waals surface area contributed by atoms with Gasteiger partial charge in [-0.2, -0.15) is 0 Å². The van der Waals surface area contributed by atoms with Crippen molar-refractivity contribution in [2.24, 2.45) is 0 Å². The molecule has 3 atom stereocenters. The minimum absolute atomic E-state index is 0.0519. The number of phosphoric acid groups is 1. The van der Waals surface area contributed by atoms with Crippen LogP contribution in [-0.2, 0) is 18.4 Å². The molecule has 0 aliphatic rings. The quantitative estimate of drug-likeness (QED) is 0.0244. The Balaban J connectivity index is 4.42. The number of carbonyl (C=O) groups excluding carboxylic acids is 1. The number of nitrogens with zero attached hydrogens (tertiary/aromatic N) is 1. The van der Waals surface area contributed by atoms with E-state index in [1.54, 1.807) is 6.08 Å². The Morgan fingerprint density at radius 1 is 0.559 bits per heavy atom. The molecular formula is C50H96N2O6P+. The van der Waals surface area contributed by atoms with E-state index in [4.69, 9.17) is 9.05 Å². The van der Waals surface area contributed by atoms with Gasteiger partial charge in [0.2, 0.25) is 5.91 Å². The number of phosphoric ester groups is 1. The SMILES string of the molecule is CCCCCCCCC/C=C/CC/C=C/CC/C=C/C(O)C(COP(=O)(O)OCC[N+](C)(C)C)NC(=O)CCCCCCCCC/C=C\CCCCCCCCCCC. The van der Waals surface area contributed by atoms with Gasteiger partial charge in [-0.3, -0.25) is 13.8 Å². The molecule has 0 spiro atoms. The molecule has 1 amide bonds. The van der Waals surface area contributed by atoms with Gasteiger partial charge in [0.1, 0.15) is 13.2 Å². The van der Waals surface area contributed by atoms with E-state index in [1.807, 2.05) is 27.2 Å². The van der Waals surface area contributed by atoms with E-state index in [9.17, 15) is 19.4 Å². The van der Waals surface area contributed by atoms with Crippen molar-refractivity contribution < 1.29 is 32.9 Å². The number of hydrogen-bond acceptors (Lipinski definition) is 5. The molecule has 0 saturated heterocycles. The number of amides is 1. The van der Waals surface area contributed by atoms with Crippen LogP contribution in [0.4, 0.5) is 0 Å². The van der Waals surface area contributed by atoms with Gasteiger partial charge in [-0.25, -0.2) is 4.57 Å². The summed E-state index contributed by atoms with van der Waals surface area (Å²) in [6.45, 7) is 4.78. The molecule has 0 aromatic carbocycles. The van der Waals surface area contributed by atoms with Gasteiger partial charge in [-0.1, -0.05) is 184 Å². The summed E-state index contributed by atoms with van der Waals surface area (Å²) in [6, 6.07) is -0.872. The molecule has 0 aromatic heterocycles. The molecule has 0 radical (unpaired) electrons. The number of aliphatic hydroxyl groups excluding tert-OH is 1. The zero-order valence-electron chi connectivity index (χ0n) is 39.2. The minimum Gasteiger partial charge on any atom is -0.387 e. The summed E-state index contributed by atoms with van der Waals surface area (Å²) in [5, 5.41) is 13.8. The molecule has 0 fully saturated rings. The van der Waals surface area contributed by atoms with E-state index in [2.05, 4.69) is 55.6 Å². The Morgan fingerprint density at radius 3 is 1.36 bits per heavy atom. The van der Waals surface area contributed by atoms with Crippen molar-refractivity contribution in [2.45, 2.75) is 225 Å². The smallest absolute Gasteiger partial charge is 0.387 e. The summed E-state index contributed by atoms with van der Waals surface area (Å²) >= 11 is 0. The molecule has 346 valence electrons. The van der Waals surface area contributed by atoms with E-state index >= 15 is 0 Å². The molecule has 3 N–H and O–H groups in total. The van der Waals surface area contributed by atoms with E-state index in [1.165, 1.54) is 148 Å². The standard InChI is InChI=1S/C50H95N2O6P/c1-6-8-10-12-14-16-18-20-22-24-25-26-28-30-32-34-36-38-40-42-44-50(54)51-48(47-58-59(55,56)57-46-45-52(3,4)5)49(53)43-41-39-37-35-33-31-29-27-23-21-19-17-15-13-11-9-7-2/h23,25-27,33,35,41,43,48-49,53H,6-22,24,28-32,34,36-40,42,44-47H2,1-5H3,(H-,51,54,55,56)/p+1/b26-25-,27-23+,35-33+,43-41+. The molecule has 8 nitrogen and oxygen atoms in total. The first-order valence-electron chi connectivity index (χ1n) is 24.5. The van der Waals surface area contributed by atoms with Gasteiger partial charge in [-0.05, 0) is 70.6 Å². The van der Waals surface area contributed by atoms with Gasteiger partial charge in [-0.15, -0.1) is 0 Å². The van der Waals surface area contributed by atoms with Crippen LogP contribution in [0.2, 0.25) is 0 Å². The summed E-state index contributed by atoms with van der Waals surface area (Å²) in [5.41, 5.74) is 0. The molecule has 0 aromatic rings. The van der Waals surface area contributed by atoms with Crippen LogP contribution in [0.1, 0.15) is 213 Å².